The van der Waals surface area contributed by atoms with Crippen molar-refractivity contribution in [2.24, 2.45) is 0 Å². The van der Waals surface area contributed by atoms with Gasteiger partial charge in [-0.15, -0.1) is 0 Å². The van der Waals surface area contributed by atoms with E-state index in [1.54, 1.807) is 36.4 Å². The summed E-state index contributed by atoms with van der Waals surface area (Å²) < 4.78 is 0. The minimum Gasteiger partial charge on any atom is -0.258 e. The highest BCUT2D eigenvalue weighted by Gasteiger charge is 2.05. The van der Waals surface area contributed by atoms with Crippen LogP contribution in [0.1, 0.15) is 5.56 Å². The molecule has 0 atom stereocenters. The quantitative estimate of drug-likeness (QED) is 0.666. The van der Waals surface area contributed by atoms with Gasteiger partial charge >= 0.3 is 6.07 Å². The smallest absolute Gasteiger partial charge is 0.258 e. The molecule has 0 amide bonds. The van der Waals surface area contributed by atoms with Crippen LogP contribution in [-0.2, 0) is 0 Å². The van der Waals surface area contributed by atoms with Gasteiger partial charge in [-0.25, -0.2) is 0 Å². The van der Waals surface area contributed by atoms with Crippen molar-refractivity contribution >= 4 is 23.0 Å². The number of hydrogen-bond acceptors (Lipinski definition) is 3. The van der Waals surface area contributed by atoms with Crippen LogP contribution in [0.3, 0.4) is 0 Å². The first-order chi connectivity index (χ1) is 9.15. The standard InChI is InChI=1S/C13H9ClN3O2/c14-11-3-1-10(2-4-11)9-15-16-12-5-7-13(8-6-12)17(18)19/h1-8,16H/q+1. The van der Waals surface area contributed by atoms with Gasteiger partial charge in [-0.3, -0.25) is 10.1 Å². The van der Waals surface area contributed by atoms with E-state index in [1.165, 1.54) is 12.1 Å². The Balaban J connectivity index is 2.03. The number of anilines is 1. The molecule has 0 saturated heterocycles. The number of nitro benzene ring substituents is 1. The molecule has 1 N–H and O–H groups in total. The van der Waals surface area contributed by atoms with Crippen molar-refractivity contribution < 1.29 is 4.92 Å². The van der Waals surface area contributed by atoms with Crippen molar-refractivity contribution in [3.05, 3.63) is 74.2 Å². The van der Waals surface area contributed by atoms with E-state index in [9.17, 15) is 10.1 Å². The lowest BCUT2D eigenvalue weighted by Gasteiger charge is -1.90. The van der Waals surface area contributed by atoms with Crippen molar-refractivity contribution in [2.75, 3.05) is 5.43 Å². The van der Waals surface area contributed by atoms with E-state index < -0.39 is 4.92 Å². The van der Waals surface area contributed by atoms with Crippen LogP contribution >= 0.6 is 11.6 Å². The SMILES string of the molecule is O=[N+]([O-])c1ccc(N[N+]#Cc2ccc(Cl)cc2)cc1. The maximum Gasteiger partial charge on any atom is 0.357 e. The van der Waals surface area contributed by atoms with E-state index in [0.717, 1.165) is 5.56 Å². The predicted molar refractivity (Wildman–Crippen MR) is 74.5 cm³/mol. The van der Waals surface area contributed by atoms with Gasteiger partial charge < -0.3 is 0 Å². The Morgan fingerprint density at radius 2 is 1.74 bits per heavy atom. The van der Waals surface area contributed by atoms with Crippen LogP contribution in [0.2, 0.25) is 5.02 Å². The first-order valence-electron chi connectivity index (χ1n) is 5.37. The number of halogens is 1. The van der Waals surface area contributed by atoms with E-state index in [4.69, 9.17) is 11.6 Å². The molecule has 2 rings (SSSR count). The van der Waals surface area contributed by atoms with Crippen LogP contribution in [0, 0.1) is 16.2 Å². The monoisotopic (exact) mass is 274 g/mol. The summed E-state index contributed by atoms with van der Waals surface area (Å²) in [4.78, 5) is 13.9. The van der Waals surface area contributed by atoms with Crippen molar-refractivity contribution in [1.82, 2.24) is 0 Å². The second-order valence-corrected chi connectivity index (χ2v) is 4.08. The fourth-order valence-electron chi connectivity index (χ4n) is 1.34. The maximum atomic E-state index is 10.5. The fraction of sp³-hybridized carbons (Fsp3) is 0. The number of benzene rings is 2. The molecule has 6 heteroatoms. The van der Waals surface area contributed by atoms with Gasteiger partial charge in [0, 0.05) is 17.2 Å². The summed E-state index contributed by atoms with van der Waals surface area (Å²) >= 11 is 5.75. The Kier molecular flexibility index (Phi) is 3.96. The number of nitrogens with zero attached hydrogens (tertiary/aromatic N) is 2. The summed E-state index contributed by atoms with van der Waals surface area (Å²) in [6.45, 7) is 0. The van der Waals surface area contributed by atoms with Crippen LogP contribution in [-0.4, -0.2) is 4.92 Å². The molecule has 94 valence electrons. The van der Waals surface area contributed by atoms with Crippen LogP contribution in [0.15, 0.2) is 48.5 Å². The van der Waals surface area contributed by atoms with Crippen molar-refractivity contribution in [3.63, 3.8) is 0 Å². The Morgan fingerprint density at radius 1 is 1.11 bits per heavy atom. The summed E-state index contributed by atoms with van der Waals surface area (Å²) in [6.07, 6.45) is 0. The molecule has 0 aliphatic rings. The van der Waals surface area contributed by atoms with Crippen molar-refractivity contribution in [1.29, 1.82) is 0 Å². The lowest BCUT2D eigenvalue weighted by Crippen LogP contribution is -1.89. The Morgan fingerprint density at radius 3 is 2.32 bits per heavy atom. The molecule has 0 aliphatic carbocycles. The second kappa shape index (κ2) is 5.85. The number of rotatable bonds is 2. The Labute approximate surface area is 114 Å². The van der Waals surface area contributed by atoms with Crippen LogP contribution in [0.25, 0.3) is 4.95 Å². The third-order valence-corrected chi connectivity index (χ3v) is 2.54. The molecule has 0 bridgehead atoms. The zero-order chi connectivity index (χ0) is 13.7. The number of hydrogen-bond donors (Lipinski definition) is 1. The van der Waals surface area contributed by atoms with Gasteiger partial charge in [-0.1, -0.05) is 11.6 Å². The number of nitro groups is 1. The summed E-state index contributed by atoms with van der Waals surface area (Å²) in [6, 6.07) is 15.8. The highest BCUT2D eigenvalue weighted by atomic mass is 35.5. The molecule has 0 unspecified atom stereocenters. The largest absolute Gasteiger partial charge is 0.357 e. The Hall–Kier alpha value is -2.58. The van der Waals surface area contributed by atoms with Crippen LogP contribution < -0.4 is 5.43 Å². The third-order valence-electron chi connectivity index (χ3n) is 2.29. The summed E-state index contributed by atoms with van der Waals surface area (Å²) in [5.74, 6) is 0. The van der Waals surface area contributed by atoms with Gasteiger partial charge in [0.15, 0.2) is 0 Å². The van der Waals surface area contributed by atoms with Gasteiger partial charge in [0.25, 0.3) is 5.69 Å². The minimum atomic E-state index is -0.452. The Bertz CT molecular complexity index is 642. The van der Waals surface area contributed by atoms with Crippen LogP contribution in [0.5, 0.6) is 0 Å². The van der Waals surface area contributed by atoms with Gasteiger partial charge in [0.05, 0.1) is 9.88 Å². The lowest BCUT2D eigenvalue weighted by molar-refractivity contribution is -0.384. The summed E-state index contributed by atoms with van der Waals surface area (Å²) in [5, 5.41) is 11.1. The highest BCUT2D eigenvalue weighted by Crippen LogP contribution is 2.15. The fourth-order valence-corrected chi connectivity index (χ4v) is 1.47. The third kappa shape index (κ3) is 3.69. The molecule has 19 heavy (non-hydrogen) atoms. The van der Waals surface area contributed by atoms with Crippen molar-refractivity contribution in [3.8, 4) is 6.07 Å². The molecular formula is C13H9ClN3O2+. The average molecular weight is 275 g/mol. The molecule has 0 aliphatic heterocycles. The lowest BCUT2D eigenvalue weighted by atomic mass is 10.2. The molecule has 0 aromatic heterocycles. The van der Waals surface area contributed by atoms with Gasteiger partial charge in [0.1, 0.15) is 11.3 Å². The molecule has 0 saturated carbocycles. The highest BCUT2D eigenvalue weighted by molar-refractivity contribution is 6.30. The summed E-state index contributed by atoms with van der Waals surface area (Å²) in [5.41, 5.74) is 4.19. The van der Waals surface area contributed by atoms with Crippen LogP contribution in [0.4, 0.5) is 11.4 Å². The van der Waals surface area contributed by atoms with E-state index in [1.807, 2.05) is 0 Å². The average Bonchev–Trinajstić information content (AvgIpc) is 2.41. The molecule has 2 aromatic rings. The van der Waals surface area contributed by atoms with Gasteiger partial charge in [0.2, 0.25) is 0 Å². The number of non-ortho nitro benzene ring substituents is 1. The molecule has 0 spiro atoms. The minimum absolute atomic E-state index is 0.0382. The predicted octanol–water partition coefficient (Wildman–Crippen LogP) is 3.96. The zero-order valence-electron chi connectivity index (χ0n) is 9.71. The van der Waals surface area contributed by atoms with E-state index in [2.05, 4.69) is 16.4 Å². The first-order valence-corrected chi connectivity index (χ1v) is 5.75. The van der Waals surface area contributed by atoms with E-state index in [-0.39, 0.29) is 5.69 Å². The summed E-state index contributed by atoms with van der Waals surface area (Å²) in [7, 11) is 0. The topological polar surface area (TPSA) is 59.5 Å². The first kappa shape index (κ1) is 12.9. The van der Waals surface area contributed by atoms with Gasteiger partial charge in [-0.2, -0.15) is 0 Å². The number of nitrogens with one attached hydrogen (secondary N) is 1. The molecule has 2 aromatic carbocycles. The van der Waals surface area contributed by atoms with E-state index in [0.29, 0.717) is 10.7 Å². The molecule has 5 nitrogen and oxygen atoms in total. The van der Waals surface area contributed by atoms with Crippen molar-refractivity contribution in [2.45, 2.75) is 0 Å². The molecule has 0 heterocycles. The zero-order valence-corrected chi connectivity index (χ0v) is 10.5. The molecule has 0 fully saturated rings. The normalized spacial score (nSPS) is 9.32. The van der Waals surface area contributed by atoms with Gasteiger partial charge in [-0.05, 0) is 41.8 Å². The molecule has 0 radical (unpaired) electrons. The maximum absolute atomic E-state index is 10.5. The molecular weight excluding hydrogens is 266 g/mol. The van der Waals surface area contributed by atoms with E-state index >= 15 is 0 Å². The second-order valence-electron chi connectivity index (χ2n) is 3.65.